The lowest BCUT2D eigenvalue weighted by atomic mass is 9.84. The molecule has 0 heterocycles. The molecule has 2 aromatic carbocycles. The molecule has 2 aromatic rings. The zero-order valence-corrected chi connectivity index (χ0v) is 21.5. The van der Waals surface area contributed by atoms with Gasteiger partial charge in [0.05, 0.1) is 0 Å². The largest absolute Gasteiger partial charge is 0.741 e. The number of halogens is 4. The second kappa shape index (κ2) is 12.0. The number of alkyl halides is 3. The summed E-state index contributed by atoms with van der Waals surface area (Å²) in [4.78, 5) is 0. The highest BCUT2D eigenvalue weighted by Crippen LogP contribution is 2.33. The van der Waals surface area contributed by atoms with Gasteiger partial charge in [0.25, 0.3) is 0 Å². The van der Waals surface area contributed by atoms with Gasteiger partial charge in [0.1, 0.15) is 0 Å². The lowest BCUT2D eigenvalue weighted by Gasteiger charge is -2.21. The molecule has 0 radical (unpaired) electrons. The van der Waals surface area contributed by atoms with E-state index >= 15 is 0 Å². The van der Waals surface area contributed by atoms with Crippen molar-refractivity contribution in [2.24, 2.45) is 0 Å². The molecular formula is C25H30F3IO3S. The van der Waals surface area contributed by atoms with E-state index in [4.69, 9.17) is 13.0 Å². The fourth-order valence-corrected chi connectivity index (χ4v) is 6.75. The maximum absolute atomic E-state index is 10.7. The second-order valence-electron chi connectivity index (χ2n) is 8.77. The summed E-state index contributed by atoms with van der Waals surface area (Å²) < 4.78 is 62.0. The van der Waals surface area contributed by atoms with E-state index in [1.165, 1.54) is 64.2 Å². The summed E-state index contributed by atoms with van der Waals surface area (Å²) in [5, 5.41) is 0. The van der Waals surface area contributed by atoms with Crippen LogP contribution in [-0.2, 0) is 10.1 Å². The summed E-state index contributed by atoms with van der Waals surface area (Å²) in [7, 11) is -6.09. The first kappa shape index (κ1) is 26.5. The van der Waals surface area contributed by atoms with Gasteiger partial charge in [0, 0.05) is 0 Å². The summed E-state index contributed by atoms with van der Waals surface area (Å²) in [6, 6.07) is 19.3. The first-order valence-electron chi connectivity index (χ1n) is 11.5. The van der Waals surface area contributed by atoms with E-state index in [-0.39, 0.29) is 21.2 Å². The summed E-state index contributed by atoms with van der Waals surface area (Å²) in [6.07, 6.45) is 14.2. The Morgan fingerprint density at radius 2 is 0.970 bits per heavy atom. The highest BCUT2D eigenvalue weighted by molar-refractivity contribution is 7.86. The molecule has 0 bridgehead atoms. The van der Waals surface area contributed by atoms with Crippen molar-refractivity contribution in [2.45, 2.75) is 81.6 Å². The summed E-state index contributed by atoms with van der Waals surface area (Å²) in [6.45, 7) is 0. The molecular weight excluding hydrogens is 564 g/mol. The standard InChI is InChI=1S/C24H30I.CHF3O3S/c1-3-7-19(8-4-1)21-11-15-23(16-12-21)25-24-17-13-22(14-18-24)20-9-5-2-6-10-20;2-1(3,4)8(5,6)7/h11-20H,1-10H2;(H,5,6,7)/q+1;/p-1. The Labute approximate surface area is 205 Å². The van der Waals surface area contributed by atoms with Crippen LogP contribution in [-0.4, -0.2) is 18.5 Å². The van der Waals surface area contributed by atoms with Crippen LogP contribution in [0.5, 0.6) is 0 Å². The Balaban J connectivity index is 0.000000331. The van der Waals surface area contributed by atoms with Gasteiger partial charge in [0.15, 0.2) is 17.3 Å². The van der Waals surface area contributed by atoms with E-state index in [1.807, 2.05) is 0 Å². The number of hydrogen-bond acceptors (Lipinski definition) is 3. The van der Waals surface area contributed by atoms with Gasteiger partial charge in [-0.2, -0.15) is 13.2 Å². The third-order valence-corrected chi connectivity index (χ3v) is 9.65. The van der Waals surface area contributed by atoms with Crippen LogP contribution in [0, 0.1) is 7.14 Å². The van der Waals surface area contributed by atoms with E-state index < -0.39 is 15.6 Å². The highest BCUT2D eigenvalue weighted by Gasteiger charge is 2.36. The normalized spacial score (nSPS) is 18.4. The molecule has 0 amide bonds. The Hall–Kier alpha value is -1.13. The zero-order chi connectivity index (χ0) is 23.9. The smallest absolute Gasteiger partial charge is 0.485 e. The van der Waals surface area contributed by atoms with Crippen LogP contribution in [0.1, 0.15) is 87.2 Å². The minimum Gasteiger partial charge on any atom is -0.741 e. The van der Waals surface area contributed by atoms with Gasteiger partial charge in [-0.15, -0.1) is 0 Å². The maximum Gasteiger partial charge on any atom is 0.485 e. The van der Waals surface area contributed by atoms with Crippen LogP contribution in [0.4, 0.5) is 13.2 Å². The molecule has 3 nitrogen and oxygen atoms in total. The topological polar surface area (TPSA) is 57.2 Å². The van der Waals surface area contributed by atoms with Crippen molar-refractivity contribution in [1.29, 1.82) is 0 Å². The molecule has 0 aliphatic heterocycles. The molecule has 0 aromatic heterocycles. The van der Waals surface area contributed by atoms with Gasteiger partial charge in [-0.1, -0.05) is 62.8 Å². The molecule has 0 saturated heterocycles. The van der Waals surface area contributed by atoms with E-state index in [0.29, 0.717) is 0 Å². The van der Waals surface area contributed by atoms with E-state index in [0.717, 1.165) is 11.8 Å². The predicted molar refractivity (Wildman–Crippen MR) is 118 cm³/mol. The Morgan fingerprint density at radius 1 is 0.667 bits per heavy atom. The molecule has 0 N–H and O–H groups in total. The maximum atomic E-state index is 10.7. The average Bonchev–Trinajstić information content (AvgIpc) is 2.80. The zero-order valence-electron chi connectivity index (χ0n) is 18.5. The Morgan fingerprint density at radius 3 is 1.24 bits per heavy atom. The monoisotopic (exact) mass is 594 g/mol. The third-order valence-electron chi connectivity index (χ3n) is 6.39. The van der Waals surface area contributed by atoms with Gasteiger partial charge in [-0.3, -0.25) is 0 Å². The van der Waals surface area contributed by atoms with Crippen LogP contribution in [0.2, 0.25) is 0 Å². The molecule has 2 aliphatic rings. The molecule has 0 atom stereocenters. The molecule has 2 saturated carbocycles. The highest BCUT2D eigenvalue weighted by atomic mass is 127. The molecule has 33 heavy (non-hydrogen) atoms. The minimum atomic E-state index is -6.09. The first-order chi connectivity index (χ1) is 15.6. The van der Waals surface area contributed by atoms with Crippen molar-refractivity contribution in [3.8, 4) is 0 Å². The number of benzene rings is 2. The van der Waals surface area contributed by atoms with Gasteiger partial charge in [-0.05, 0) is 72.9 Å². The number of rotatable bonds is 4. The van der Waals surface area contributed by atoms with Crippen molar-refractivity contribution in [3.63, 3.8) is 0 Å². The van der Waals surface area contributed by atoms with Crippen LogP contribution >= 0.6 is 0 Å². The van der Waals surface area contributed by atoms with Crippen LogP contribution in [0.3, 0.4) is 0 Å². The first-order valence-corrected chi connectivity index (χ1v) is 15.1. The lowest BCUT2D eigenvalue weighted by Crippen LogP contribution is -3.61. The van der Waals surface area contributed by atoms with Crippen LogP contribution in [0.25, 0.3) is 0 Å². The fraction of sp³-hybridized carbons (Fsp3) is 0.520. The van der Waals surface area contributed by atoms with E-state index in [2.05, 4.69) is 48.5 Å². The third kappa shape index (κ3) is 8.24. The van der Waals surface area contributed by atoms with Crippen LogP contribution in [0.15, 0.2) is 48.5 Å². The van der Waals surface area contributed by atoms with Gasteiger partial charge < -0.3 is 4.55 Å². The van der Waals surface area contributed by atoms with Gasteiger partial charge in [0.2, 0.25) is 0 Å². The van der Waals surface area contributed by atoms with Crippen molar-refractivity contribution >= 4 is 10.1 Å². The average molecular weight is 594 g/mol. The second-order valence-corrected chi connectivity index (χ2v) is 13.2. The van der Waals surface area contributed by atoms with Gasteiger partial charge in [-0.25, -0.2) is 8.42 Å². The molecule has 2 fully saturated rings. The van der Waals surface area contributed by atoms with Gasteiger partial charge >= 0.3 is 26.7 Å². The quantitative estimate of drug-likeness (QED) is 0.306. The summed E-state index contributed by atoms with van der Waals surface area (Å²) >= 11 is -0.0341. The Kier molecular flexibility index (Phi) is 9.64. The summed E-state index contributed by atoms with van der Waals surface area (Å²) in [5.74, 6) is 1.66. The molecule has 182 valence electrons. The van der Waals surface area contributed by atoms with Crippen molar-refractivity contribution < 1.29 is 47.3 Å². The van der Waals surface area contributed by atoms with E-state index in [1.54, 1.807) is 18.3 Å². The molecule has 0 unspecified atom stereocenters. The fourth-order valence-electron chi connectivity index (χ4n) is 4.59. The molecule has 4 rings (SSSR count). The molecule has 0 spiro atoms. The van der Waals surface area contributed by atoms with Crippen molar-refractivity contribution in [3.05, 3.63) is 66.8 Å². The van der Waals surface area contributed by atoms with Crippen molar-refractivity contribution in [2.75, 3.05) is 0 Å². The predicted octanol–water partition coefficient (Wildman–Crippen LogP) is 3.96. The van der Waals surface area contributed by atoms with E-state index in [9.17, 15) is 13.2 Å². The molecule has 8 heteroatoms. The number of hydrogen-bond donors (Lipinski definition) is 0. The SMILES string of the molecule is O=S(=O)([O-])C(F)(F)F.c1cc(C2CCCCC2)ccc1[I+]c1ccc(C2CCCCC2)cc1. The summed E-state index contributed by atoms with van der Waals surface area (Å²) in [5.41, 5.74) is -2.48. The van der Waals surface area contributed by atoms with Crippen LogP contribution < -0.4 is 21.2 Å². The molecule has 2 aliphatic carbocycles. The lowest BCUT2D eigenvalue weighted by molar-refractivity contribution is -0.597. The minimum absolute atomic E-state index is 0.0341. The van der Waals surface area contributed by atoms with Crippen molar-refractivity contribution in [1.82, 2.24) is 0 Å². The Bertz CT molecular complexity index is 902.